The van der Waals surface area contributed by atoms with Crippen LogP contribution in [0.15, 0.2) is 18.2 Å². The summed E-state index contributed by atoms with van der Waals surface area (Å²) >= 11 is 0. The molecule has 2 saturated carbocycles. The second kappa shape index (κ2) is 4.43. The van der Waals surface area contributed by atoms with Gasteiger partial charge in [0.2, 0.25) is 5.91 Å². The predicted octanol–water partition coefficient (Wildman–Crippen LogP) is 4.03. The standard InChI is InChI=1S/C19H25NO2/c1-12-8-13(2)10-14(9-12)20-16(22)19-7-6-18(5,15(21)11-19)17(19,3)4/h8-10H,6-7,11H2,1-5H3,(H,20,22). The van der Waals surface area contributed by atoms with Crippen molar-refractivity contribution in [1.29, 1.82) is 0 Å². The van der Waals surface area contributed by atoms with Crippen LogP contribution in [0.4, 0.5) is 5.69 Å². The van der Waals surface area contributed by atoms with Crippen LogP contribution in [0.25, 0.3) is 0 Å². The van der Waals surface area contributed by atoms with E-state index in [2.05, 4.69) is 25.2 Å². The molecule has 1 amide bonds. The van der Waals surface area contributed by atoms with Crippen molar-refractivity contribution in [3.8, 4) is 0 Å². The fraction of sp³-hybridized carbons (Fsp3) is 0.579. The summed E-state index contributed by atoms with van der Waals surface area (Å²) in [6, 6.07) is 6.06. The topological polar surface area (TPSA) is 46.2 Å². The Bertz CT molecular complexity index is 656. The number of benzene rings is 1. The first kappa shape index (κ1) is 15.3. The first-order valence-electron chi connectivity index (χ1n) is 8.05. The molecular formula is C19H25NO2. The molecule has 0 aromatic heterocycles. The van der Waals surface area contributed by atoms with Gasteiger partial charge in [-0.3, -0.25) is 9.59 Å². The lowest BCUT2D eigenvalue weighted by atomic mass is 9.64. The first-order valence-corrected chi connectivity index (χ1v) is 8.05. The number of anilines is 1. The van der Waals surface area contributed by atoms with E-state index in [0.717, 1.165) is 29.7 Å². The summed E-state index contributed by atoms with van der Waals surface area (Å²) in [4.78, 5) is 25.5. The number of ketones is 1. The van der Waals surface area contributed by atoms with Gasteiger partial charge in [0, 0.05) is 17.5 Å². The molecule has 2 fully saturated rings. The van der Waals surface area contributed by atoms with E-state index in [9.17, 15) is 9.59 Å². The highest BCUT2D eigenvalue weighted by Gasteiger charge is 2.72. The molecule has 2 aliphatic carbocycles. The SMILES string of the molecule is Cc1cc(C)cc(NC(=O)C23CCC(C)(C(=O)C2)C3(C)C)c1. The van der Waals surface area contributed by atoms with E-state index in [1.54, 1.807) is 0 Å². The zero-order chi connectivity index (χ0) is 16.3. The maximum Gasteiger partial charge on any atom is 0.231 e. The summed E-state index contributed by atoms with van der Waals surface area (Å²) in [5.41, 5.74) is 1.89. The molecule has 3 heteroatoms. The summed E-state index contributed by atoms with van der Waals surface area (Å²) in [7, 11) is 0. The van der Waals surface area contributed by atoms with Crippen LogP contribution in [0.1, 0.15) is 51.2 Å². The lowest BCUT2D eigenvalue weighted by Gasteiger charge is -2.38. The third-order valence-corrected chi connectivity index (χ3v) is 6.62. The zero-order valence-corrected chi connectivity index (χ0v) is 14.2. The minimum atomic E-state index is -0.559. The van der Waals surface area contributed by atoms with Gasteiger partial charge < -0.3 is 5.32 Å². The molecule has 2 bridgehead atoms. The molecule has 1 aromatic rings. The van der Waals surface area contributed by atoms with Crippen molar-refractivity contribution in [2.24, 2.45) is 16.2 Å². The Morgan fingerprint density at radius 2 is 1.64 bits per heavy atom. The van der Waals surface area contributed by atoms with E-state index in [0.29, 0.717) is 6.42 Å². The predicted molar refractivity (Wildman–Crippen MR) is 87.7 cm³/mol. The van der Waals surface area contributed by atoms with Crippen molar-refractivity contribution >= 4 is 17.4 Å². The first-order chi connectivity index (χ1) is 10.1. The second-order valence-corrected chi connectivity index (χ2v) is 7.97. The summed E-state index contributed by atoms with van der Waals surface area (Å²) in [6.07, 6.45) is 2.01. The number of hydrogen-bond acceptors (Lipinski definition) is 2. The van der Waals surface area contributed by atoms with Gasteiger partial charge in [0.1, 0.15) is 5.78 Å². The number of carbonyl (C=O) groups excluding carboxylic acids is 2. The summed E-state index contributed by atoms with van der Waals surface area (Å²) < 4.78 is 0. The highest BCUT2D eigenvalue weighted by atomic mass is 16.2. The fourth-order valence-corrected chi connectivity index (χ4v) is 4.66. The van der Waals surface area contributed by atoms with E-state index < -0.39 is 5.41 Å². The van der Waals surface area contributed by atoms with Crippen molar-refractivity contribution in [3.63, 3.8) is 0 Å². The summed E-state index contributed by atoms with van der Waals surface area (Å²) in [6.45, 7) is 10.3. The van der Waals surface area contributed by atoms with E-state index in [-0.39, 0.29) is 22.5 Å². The molecular weight excluding hydrogens is 274 g/mol. The van der Waals surface area contributed by atoms with E-state index in [1.165, 1.54) is 0 Å². The Morgan fingerprint density at radius 1 is 1.05 bits per heavy atom. The monoisotopic (exact) mass is 299 g/mol. The maximum absolute atomic E-state index is 13.1. The van der Waals surface area contributed by atoms with Crippen LogP contribution in [0, 0.1) is 30.1 Å². The average molecular weight is 299 g/mol. The van der Waals surface area contributed by atoms with Crippen molar-refractivity contribution in [2.45, 2.75) is 53.9 Å². The van der Waals surface area contributed by atoms with Gasteiger partial charge in [0.15, 0.2) is 0 Å². The third-order valence-electron chi connectivity index (χ3n) is 6.62. The highest BCUT2D eigenvalue weighted by Crippen LogP contribution is 2.70. The van der Waals surface area contributed by atoms with Gasteiger partial charge in [0.25, 0.3) is 0 Å². The number of rotatable bonds is 2. The van der Waals surface area contributed by atoms with Crippen LogP contribution in [-0.4, -0.2) is 11.7 Å². The smallest absolute Gasteiger partial charge is 0.231 e. The van der Waals surface area contributed by atoms with Gasteiger partial charge in [-0.2, -0.15) is 0 Å². The van der Waals surface area contributed by atoms with Gasteiger partial charge >= 0.3 is 0 Å². The van der Waals surface area contributed by atoms with Crippen molar-refractivity contribution in [3.05, 3.63) is 29.3 Å². The summed E-state index contributed by atoms with van der Waals surface area (Å²) in [5.74, 6) is 0.261. The van der Waals surface area contributed by atoms with Crippen LogP contribution in [0.5, 0.6) is 0 Å². The second-order valence-electron chi connectivity index (χ2n) is 7.97. The summed E-state index contributed by atoms with van der Waals surface area (Å²) in [5, 5.41) is 3.09. The Labute approximate surface area is 132 Å². The van der Waals surface area contributed by atoms with Crippen LogP contribution in [0.2, 0.25) is 0 Å². The molecule has 1 aromatic carbocycles. The minimum Gasteiger partial charge on any atom is -0.326 e. The van der Waals surface area contributed by atoms with E-state index in [1.807, 2.05) is 32.9 Å². The number of aryl methyl sites for hydroxylation is 2. The molecule has 0 radical (unpaired) electrons. The molecule has 0 spiro atoms. The molecule has 1 N–H and O–H groups in total. The molecule has 0 saturated heterocycles. The van der Waals surface area contributed by atoms with Gasteiger partial charge in [-0.05, 0) is 55.4 Å². The van der Waals surface area contributed by atoms with Crippen LogP contribution in [-0.2, 0) is 9.59 Å². The van der Waals surface area contributed by atoms with E-state index >= 15 is 0 Å². The Kier molecular flexibility index (Phi) is 3.08. The molecule has 2 unspecified atom stereocenters. The molecule has 0 heterocycles. The number of fused-ring (bicyclic) bond motifs is 2. The maximum atomic E-state index is 13.1. The number of amides is 1. The van der Waals surface area contributed by atoms with Crippen LogP contribution < -0.4 is 5.32 Å². The van der Waals surface area contributed by atoms with Gasteiger partial charge in [-0.1, -0.05) is 26.8 Å². The van der Waals surface area contributed by atoms with Gasteiger partial charge in [-0.25, -0.2) is 0 Å². The molecule has 3 rings (SSSR count). The van der Waals surface area contributed by atoms with Crippen molar-refractivity contribution < 1.29 is 9.59 Å². The van der Waals surface area contributed by atoms with Crippen LogP contribution in [0.3, 0.4) is 0 Å². The molecule has 0 aliphatic heterocycles. The fourth-order valence-electron chi connectivity index (χ4n) is 4.66. The van der Waals surface area contributed by atoms with E-state index in [4.69, 9.17) is 0 Å². The largest absolute Gasteiger partial charge is 0.326 e. The third kappa shape index (κ3) is 1.74. The Morgan fingerprint density at radius 3 is 2.09 bits per heavy atom. The number of carbonyl (C=O) groups is 2. The van der Waals surface area contributed by atoms with Crippen LogP contribution >= 0.6 is 0 Å². The average Bonchev–Trinajstić information content (AvgIpc) is 2.67. The zero-order valence-electron chi connectivity index (χ0n) is 14.2. The lowest BCUT2D eigenvalue weighted by molar-refractivity contribution is -0.131. The number of Topliss-reactive ketones (excluding diaryl/α,β-unsaturated/α-hetero) is 1. The lowest BCUT2D eigenvalue weighted by Crippen LogP contribution is -2.43. The molecule has 118 valence electrons. The highest BCUT2D eigenvalue weighted by molar-refractivity contribution is 6.04. The molecule has 2 atom stereocenters. The quantitative estimate of drug-likeness (QED) is 0.896. The van der Waals surface area contributed by atoms with Gasteiger partial charge in [-0.15, -0.1) is 0 Å². The number of hydrogen-bond donors (Lipinski definition) is 1. The Balaban J connectivity index is 1.94. The van der Waals surface area contributed by atoms with Crippen molar-refractivity contribution in [2.75, 3.05) is 5.32 Å². The number of nitrogens with one attached hydrogen (secondary N) is 1. The van der Waals surface area contributed by atoms with Gasteiger partial charge in [0.05, 0.1) is 5.41 Å². The molecule has 3 nitrogen and oxygen atoms in total. The minimum absolute atomic E-state index is 0.0112. The normalized spacial score (nSPS) is 32.3. The van der Waals surface area contributed by atoms with Crippen molar-refractivity contribution in [1.82, 2.24) is 0 Å². The molecule has 2 aliphatic rings. The molecule has 22 heavy (non-hydrogen) atoms. The Hall–Kier alpha value is -1.64.